The van der Waals surface area contributed by atoms with E-state index >= 15 is 0 Å². The summed E-state index contributed by atoms with van der Waals surface area (Å²) in [5.74, 6) is -0.756. The lowest BCUT2D eigenvalue weighted by molar-refractivity contribution is 0.0680. The highest BCUT2D eigenvalue weighted by atomic mass is 19.1. The first-order valence-corrected chi connectivity index (χ1v) is 9.74. The first kappa shape index (κ1) is 23.2. The van der Waals surface area contributed by atoms with Crippen molar-refractivity contribution < 1.29 is 18.7 Å². The first-order chi connectivity index (χ1) is 14.3. The molecule has 0 heterocycles. The van der Waals surface area contributed by atoms with Crippen molar-refractivity contribution in [1.29, 1.82) is 0 Å². The molecule has 0 saturated heterocycles. The van der Waals surface area contributed by atoms with Crippen LogP contribution in [0.3, 0.4) is 0 Å². The molecule has 0 radical (unpaired) electrons. The van der Waals surface area contributed by atoms with E-state index in [1.807, 2.05) is 44.1 Å². The minimum Gasteiger partial charge on any atom is -0.383 e. The Balaban J connectivity index is 2.34. The number of amides is 3. The molecule has 0 unspecified atom stereocenters. The van der Waals surface area contributed by atoms with Crippen LogP contribution in [0.4, 0.5) is 20.6 Å². The maximum atomic E-state index is 13.6. The van der Waals surface area contributed by atoms with Gasteiger partial charge in [-0.2, -0.15) is 0 Å². The van der Waals surface area contributed by atoms with Gasteiger partial charge in [-0.3, -0.25) is 4.79 Å². The van der Waals surface area contributed by atoms with Gasteiger partial charge in [0.2, 0.25) is 0 Å². The van der Waals surface area contributed by atoms with Crippen LogP contribution in [0.2, 0.25) is 0 Å². The zero-order valence-corrected chi connectivity index (χ0v) is 17.9. The van der Waals surface area contributed by atoms with Gasteiger partial charge in [0.25, 0.3) is 5.91 Å². The minimum absolute atomic E-state index is 0.272. The van der Waals surface area contributed by atoms with Crippen LogP contribution < -0.4 is 15.5 Å². The molecule has 2 N–H and O–H groups in total. The molecule has 0 aromatic heterocycles. The second-order valence-electron chi connectivity index (χ2n) is 6.95. The summed E-state index contributed by atoms with van der Waals surface area (Å²) in [6.07, 6.45) is 0. The fraction of sp³-hybridized carbons (Fsp3) is 0.364. The molecule has 2 aromatic carbocycles. The average Bonchev–Trinajstić information content (AvgIpc) is 2.70. The fourth-order valence-electron chi connectivity index (χ4n) is 3.03. The number of urea groups is 1. The molecule has 162 valence electrons. The summed E-state index contributed by atoms with van der Waals surface area (Å²) < 4.78 is 18.8. The molecule has 2 aromatic rings. The largest absolute Gasteiger partial charge is 0.383 e. The van der Waals surface area contributed by atoms with Crippen molar-refractivity contribution >= 4 is 23.3 Å². The summed E-state index contributed by atoms with van der Waals surface area (Å²) in [7, 11) is 5.38. The SMILES string of the molecule is CCNC(=O)Nc1ccc(N(C)C)c(CN(CCOC)C(=O)c2cccc(F)c2)c1. The monoisotopic (exact) mass is 416 g/mol. The van der Waals surface area contributed by atoms with E-state index in [2.05, 4.69) is 10.6 Å². The third kappa shape index (κ3) is 6.45. The topological polar surface area (TPSA) is 73.9 Å². The molecular formula is C22H29FN4O3. The number of halogens is 1. The van der Waals surface area contributed by atoms with Gasteiger partial charge < -0.3 is 25.2 Å². The number of methoxy groups -OCH3 is 1. The van der Waals surface area contributed by atoms with Crippen LogP contribution in [0.1, 0.15) is 22.8 Å². The van der Waals surface area contributed by atoms with Gasteiger partial charge in [-0.1, -0.05) is 6.07 Å². The van der Waals surface area contributed by atoms with Crippen LogP contribution in [-0.4, -0.2) is 57.7 Å². The lowest BCUT2D eigenvalue weighted by atomic mass is 10.1. The van der Waals surface area contributed by atoms with Crippen LogP contribution in [0, 0.1) is 5.82 Å². The molecule has 0 fully saturated rings. The van der Waals surface area contributed by atoms with E-state index < -0.39 is 5.82 Å². The third-order valence-corrected chi connectivity index (χ3v) is 4.44. The molecule has 2 rings (SSSR count). The quantitative estimate of drug-likeness (QED) is 0.658. The Morgan fingerprint density at radius 2 is 1.90 bits per heavy atom. The lowest BCUT2D eigenvalue weighted by Gasteiger charge is -2.26. The van der Waals surface area contributed by atoms with Crippen molar-refractivity contribution in [2.75, 3.05) is 51.1 Å². The number of benzene rings is 2. The van der Waals surface area contributed by atoms with Crippen molar-refractivity contribution in [1.82, 2.24) is 10.2 Å². The van der Waals surface area contributed by atoms with E-state index in [1.54, 1.807) is 18.1 Å². The van der Waals surface area contributed by atoms with Crippen LogP contribution in [-0.2, 0) is 11.3 Å². The third-order valence-electron chi connectivity index (χ3n) is 4.44. The number of carbonyl (C=O) groups excluding carboxylic acids is 2. The van der Waals surface area contributed by atoms with E-state index in [0.717, 1.165) is 11.3 Å². The molecule has 8 heteroatoms. The molecule has 0 bridgehead atoms. The second kappa shape index (κ2) is 11.2. The zero-order chi connectivity index (χ0) is 22.1. The number of ether oxygens (including phenoxy) is 1. The fourth-order valence-corrected chi connectivity index (χ4v) is 3.03. The Labute approximate surface area is 176 Å². The molecular weight excluding hydrogens is 387 g/mol. The summed E-state index contributed by atoms with van der Waals surface area (Å²) in [4.78, 5) is 28.5. The Hall–Kier alpha value is -3.13. The van der Waals surface area contributed by atoms with Gasteiger partial charge in [0.15, 0.2) is 0 Å². The van der Waals surface area contributed by atoms with Crippen LogP contribution >= 0.6 is 0 Å². The summed E-state index contributed by atoms with van der Waals surface area (Å²) >= 11 is 0. The van der Waals surface area contributed by atoms with E-state index in [0.29, 0.717) is 25.4 Å². The number of nitrogens with zero attached hydrogens (tertiary/aromatic N) is 2. The van der Waals surface area contributed by atoms with Crippen LogP contribution in [0.5, 0.6) is 0 Å². The molecule has 3 amide bonds. The number of carbonyl (C=O) groups is 2. The predicted molar refractivity (Wildman–Crippen MR) is 116 cm³/mol. The number of nitrogens with one attached hydrogen (secondary N) is 2. The van der Waals surface area contributed by atoms with Gasteiger partial charge in [0.1, 0.15) is 5.82 Å². The molecule has 0 aliphatic heterocycles. The smallest absolute Gasteiger partial charge is 0.319 e. The molecule has 0 aliphatic rings. The number of anilines is 2. The van der Waals surface area contributed by atoms with Crippen molar-refractivity contribution in [2.24, 2.45) is 0 Å². The van der Waals surface area contributed by atoms with Crippen molar-refractivity contribution in [3.8, 4) is 0 Å². The highest BCUT2D eigenvalue weighted by Gasteiger charge is 2.19. The predicted octanol–water partition coefficient (Wildman–Crippen LogP) is 3.32. The van der Waals surface area contributed by atoms with Gasteiger partial charge >= 0.3 is 6.03 Å². The standard InChI is InChI=1S/C22H29FN4O3/c1-5-24-22(29)25-19-9-10-20(26(2)3)17(14-19)15-27(11-12-30-4)21(28)16-7-6-8-18(23)13-16/h6-10,13-14H,5,11-12,15H2,1-4H3,(H2,24,25,29). The lowest BCUT2D eigenvalue weighted by Crippen LogP contribution is -2.34. The van der Waals surface area contributed by atoms with E-state index in [-0.39, 0.29) is 24.0 Å². The average molecular weight is 416 g/mol. The van der Waals surface area contributed by atoms with Crippen molar-refractivity contribution in [2.45, 2.75) is 13.5 Å². The molecule has 0 saturated carbocycles. The maximum absolute atomic E-state index is 13.6. The van der Waals surface area contributed by atoms with Gasteiger partial charge in [0, 0.05) is 57.8 Å². The summed E-state index contributed by atoms with van der Waals surface area (Å²) in [5, 5.41) is 5.48. The van der Waals surface area contributed by atoms with Gasteiger partial charge in [-0.05, 0) is 48.9 Å². The summed E-state index contributed by atoms with van der Waals surface area (Å²) in [6.45, 7) is 3.31. The van der Waals surface area contributed by atoms with Crippen molar-refractivity contribution in [3.05, 3.63) is 59.4 Å². The second-order valence-corrected chi connectivity index (χ2v) is 6.95. The molecule has 7 nitrogen and oxygen atoms in total. The summed E-state index contributed by atoms with van der Waals surface area (Å²) in [5.41, 5.74) is 2.64. The minimum atomic E-state index is -0.463. The molecule has 0 aliphatic carbocycles. The Kier molecular flexibility index (Phi) is 8.61. The normalized spacial score (nSPS) is 10.4. The maximum Gasteiger partial charge on any atom is 0.319 e. The van der Waals surface area contributed by atoms with E-state index in [4.69, 9.17) is 4.74 Å². The van der Waals surface area contributed by atoms with Crippen molar-refractivity contribution in [3.63, 3.8) is 0 Å². The molecule has 30 heavy (non-hydrogen) atoms. The summed E-state index contributed by atoms with van der Waals surface area (Å²) in [6, 6.07) is 10.9. The van der Waals surface area contributed by atoms with Crippen LogP contribution in [0.15, 0.2) is 42.5 Å². The number of rotatable bonds is 9. The Morgan fingerprint density at radius 1 is 1.13 bits per heavy atom. The van der Waals surface area contributed by atoms with Gasteiger partial charge in [0.05, 0.1) is 6.61 Å². The molecule has 0 atom stereocenters. The molecule has 0 spiro atoms. The van der Waals surface area contributed by atoms with E-state index in [9.17, 15) is 14.0 Å². The van der Waals surface area contributed by atoms with Gasteiger partial charge in [-0.15, -0.1) is 0 Å². The number of hydrogen-bond acceptors (Lipinski definition) is 4. The Morgan fingerprint density at radius 3 is 2.53 bits per heavy atom. The van der Waals surface area contributed by atoms with E-state index in [1.165, 1.54) is 18.2 Å². The first-order valence-electron chi connectivity index (χ1n) is 9.74. The Bertz CT molecular complexity index is 873. The zero-order valence-electron chi connectivity index (χ0n) is 17.9. The van der Waals surface area contributed by atoms with Gasteiger partial charge in [-0.25, -0.2) is 9.18 Å². The number of hydrogen-bond donors (Lipinski definition) is 2. The highest BCUT2D eigenvalue weighted by Crippen LogP contribution is 2.25. The highest BCUT2D eigenvalue weighted by molar-refractivity contribution is 5.94. The van der Waals surface area contributed by atoms with Crippen LogP contribution in [0.25, 0.3) is 0 Å².